The first-order chi connectivity index (χ1) is 9.22. The molecule has 0 bridgehead atoms. The normalized spacial score (nSPS) is 33.8. The molecule has 0 aromatic heterocycles. The zero-order valence-electron chi connectivity index (χ0n) is 11.9. The zero-order valence-corrected chi connectivity index (χ0v) is 12.7. The van der Waals surface area contributed by atoms with Gasteiger partial charge in [-0.05, 0) is 26.2 Å². The van der Waals surface area contributed by atoms with Crippen LogP contribution >= 0.6 is 0 Å². The summed E-state index contributed by atoms with van der Waals surface area (Å²) >= 11 is 0. The van der Waals surface area contributed by atoms with Crippen molar-refractivity contribution in [2.24, 2.45) is 11.8 Å². The molecule has 20 heavy (non-hydrogen) atoms. The average Bonchev–Trinajstić information content (AvgIpc) is 2.82. The van der Waals surface area contributed by atoms with Crippen LogP contribution in [0.4, 0.5) is 0 Å². The van der Waals surface area contributed by atoms with Gasteiger partial charge in [-0.3, -0.25) is 4.79 Å². The van der Waals surface area contributed by atoms with Crippen LogP contribution in [-0.2, 0) is 24.1 Å². The van der Waals surface area contributed by atoms with Crippen molar-refractivity contribution in [2.45, 2.75) is 38.6 Å². The van der Waals surface area contributed by atoms with E-state index in [0.29, 0.717) is 12.8 Å². The Morgan fingerprint density at radius 3 is 2.60 bits per heavy atom. The summed E-state index contributed by atoms with van der Waals surface area (Å²) in [6.07, 6.45) is 0.451. The van der Waals surface area contributed by atoms with Gasteiger partial charge in [-0.2, -0.15) is 0 Å². The third-order valence-corrected chi connectivity index (χ3v) is 5.67. The molecule has 1 saturated heterocycles. The molecule has 1 unspecified atom stereocenters. The number of hydrogen-bond donors (Lipinski definition) is 1. The summed E-state index contributed by atoms with van der Waals surface area (Å²) in [7, 11) is -3.41. The Labute approximate surface area is 119 Å². The molecule has 1 saturated carbocycles. The molecule has 0 spiro atoms. The lowest BCUT2D eigenvalue weighted by Crippen LogP contribution is -2.33. The first kappa shape index (κ1) is 15.9. The highest BCUT2D eigenvalue weighted by Crippen LogP contribution is 2.30. The molecule has 2 aliphatic rings. The van der Waals surface area contributed by atoms with Gasteiger partial charge in [0.2, 0.25) is 0 Å². The van der Waals surface area contributed by atoms with Gasteiger partial charge in [0, 0.05) is 18.9 Å². The summed E-state index contributed by atoms with van der Waals surface area (Å²) < 4.78 is 35.2. The molecular formula is C13H22O6S. The highest BCUT2D eigenvalue weighted by molar-refractivity contribution is 7.91. The highest BCUT2D eigenvalue weighted by atomic mass is 32.2. The molecule has 0 aromatic carbocycles. The van der Waals surface area contributed by atoms with Crippen molar-refractivity contribution in [3.8, 4) is 0 Å². The van der Waals surface area contributed by atoms with E-state index in [4.69, 9.17) is 9.47 Å². The summed E-state index contributed by atoms with van der Waals surface area (Å²) in [6.45, 7) is 3.58. The van der Waals surface area contributed by atoms with Crippen LogP contribution in [0.1, 0.15) is 26.7 Å². The van der Waals surface area contributed by atoms with Gasteiger partial charge < -0.3 is 14.6 Å². The molecule has 0 amide bonds. The Morgan fingerprint density at radius 1 is 1.35 bits per heavy atom. The number of aliphatic hydroxyl groups excluding tert-OH is 1. The molecule has 1 N–H and O–H groups in total. The van der Waals surface area contributed by atoms with E-state index in [0.717, 1.165) is 0 Å². The third kappa shape index (κ3) is 3.78. The van der Waals surface area contributed by atoms with E-state index in [-0.39, 0.29) is 36.4 Å². The summed E-state index contributed by atoms with van der Waals surface area (Å²) in [4.78, 5) is 11.7. The fraction of sp³-hybridized carbons (Fsp3) is 0.923. The maximum atomic E-state index is 12.2. The lowest BCUT2D eigenvalue weighted by molar-refractivity contribution is -0.135. The smallest absolute Gasteiger partial charge is 0.163 e. The molecule has 1 aliphatic heterocycles. The van der Waals surface area contributed by atoms with Gasteiger partial charge >= 0.3 is 0 Å². The minimum atomic E-state index is -3.41. The summed E-state index contributed by atoms with van der Waals surface area (Å²) in [5.41, 5.74) is 0. The molecule has 7 heteroatoms. The van der Waals surface area contributed by atoms with Crippen molar-refractivity contribution in [3.05, 3.63) is 0 Å². The van der Waals surface area contributed by atoms with Gasteiger partial charge in [-0.1, -0.05) is 0 Å². The summed E-state index contributed by atoms with van der Waals surface area (Å²) in [5.74, 6) is -1.95. The Kier molecular flexibility index (Phi) is 4.53. The van der Waals surface area contributed by atoms with Crippen LogP contribution in [0.25, 0.3) is 0 Å². The average molecular weight is 306 g/mol. The Morgan fingerprint density at radius 2 is 2.05 bits per heavy atom. The van der Waals surface area contributed by atoms with Crippen molar-refractivity contribution >= 4 is 15.6 Å². The van der Waals surface area contributed by atoms with E-state index in [1.165, 1.54) is 0 Å². The van der Waals surface area contributed by atoms with Crippen LogP contribution in [0.2, 0.25) is 0 Å². The fourth-order valence-corrected chi connectivity index (χ4v) is 4.77. The molecule has 1 heterocycles. The molecule has 3 atom stereocenters. The zero-order chi connectivity index (χ0) is 15.0. The molecule has 2 rings (SSSR count). The van der Waals surface area contributed by atoms with Gasteiger partial charge in [0.05, 0.1) is 24.2 Å². The summed E-state index contributed by atoms with van der Waals surface area (Å²) in [6, 6.07) is 0. The van der Waals surface area contributed by atoms with Gasteiger partial charge in [0.1, 0.15) is 5.78 Å². The lowest BCUT2D eigenvalue weighted by atomic mass is 9.99. The molecule has 2 fully saturated rings. The monoisotopic (exact) mass is 306 g/mol. The van der Waals surface area contributed by atoms with Gasteiger partial charge in [0.15, 0.2) is 15.6 Å². The standard InChI is InChI=1S/C13H22O6S/c1-13(2)18-6-10(19-13)7-20(16,17)8-11-9(5-14)3-4-12(11)15/h9-11,14H,3-8H2,1-2H3/t9-,10?,11-/m1/s1. The molecule has 1 aliphatic carbocycles. The number of carbonyl (C=O) groups excluding carboxylic acids is 1. The van der Waals surface area contributed by atoms with Crippen LogP contribution in [0.3, 0.4) is 0 Å². The van der Waals surface area contributed by atoms with Crippen LogP contribution in [0.15, 0.2) is 0 Å². The van der Waals surface area contributed by atoms with Crippen LogP contribution < -0.4 is 0 Å². The predicted octanol–water partition coefficient (Wildman–Crippen LogP) is 0.140. The first-order valence-corrected chi connectivity index (χ1v) is 8.70. The minimum Gasteiger partial charge on any atom is -0.396 e. The molecule has 0 radical (unpaired) electrons. The van der Waals surface area contributed by atoms with Crippen molar-refractivity contribution in [2.75, 3.05) is 24.7 Å². The SMILES string of the molecule is CC1(C)OCC(CS(=O)(=O)C[C@H]2C(=O)CC[C@@H]2CO)O1. The van der Waals surface area contributed by atoms with Crippen molar-refractivity contribution in [1.82, 2.24) is 0 Å². The maximum absolute atomic E-state index is 12.2. The number of Topliss-reactive ketones (excluding diaryl/α,β-unsaturated/α-hetero) is 1. The van der Waals surface area contributed by atoms with E-state index in [1.807, 2.05) is 0 Å². The number of sulfone groups is 1. The van der Waals surface area contributed by atoms with Crippen LogP contribution in [-0.4, -0.2) is 55.9 Å². The second kappa shape index (κ2) is 5.71. The van der Waals surface area contributed by atoms with E-state index >= 15 is 0 Å². The van der Waals surface area contributed by atoms with Crippen LogP contribution in [0.5, 0.6) is 0 Å². The number of ether oxygens (including phenoxy) is 2. The second-order valence-electron chi connectivity index (χ2n) is 6.08. The summed E-state index contributed by atoms with van der Waals surface area (Å²) in [5, 5.41) is 9.21. The number of hydrogen-bond acceptors (Lipinski definition) is 6. The second-order valence-corrected chi connectivity index (χ2v) is 8.24. The molecular weight excluding hydrogens is 284 g/mol. The van der Waals surface area contributed by atoms with E-state index < -0.39 is 27.6 Å². The largest absolute Gasteiger partial charge is 0.396 e. The van der Waals surface area contributed by atoms with Gasteiger partial charge in [-0.25, -0.2) is 8.42 Å². The van der Waals surface area contributed by atoms with Gasteiger partial charge in [-0.15, -0.1) is 0 Å². The Hall–Kier alpha value is -0.500. The number of ketones is 1. The lowest BCUT2D eigenvalue weighted by Gasteiger charge is -2.19. The number of rotatable bonds is 5. The maximum Gasteiger partial charge on any atom is 0.163 e. The Bertz CT molecular complexity index is 469. The van der Waals surface area contributed by atoms with Crippen molar-refractivity contribution in [3.63, 3.8) is 0 Å². The van der Waals surface area contributed by atoms with E-state index in [9.17, 15) is 18.3 Å². The quantitative estimate of drug-likeness (QED) is 0.777. The van der Waals surface area contributed by atoms with Crippen LogP contribution in [0, 0.1) is 11.8 Å². The van der Waals surface area contributed by atoms with E-state index in [1.54, 1.807) is 13.8 Å². The van der Waals surface area contributed by atoms with Crippen molar-refractivity contribution < 1.29 is 27.8 Å². The van der Waals surface area contributed by atoms with E-state index in [2.05, 4.69) is 0 Å². The molecule has 6 nitrogen and oxygen atoms in total. The first-order valence-electron chi connectivity index (χ1n) is 6.88. The topological polar surface area (TPSA) is 89.9 Å². The Balaban J connectivity index is 1.96. The van der Waals surface area contributed by atoms with Gasteiger partial charge in [0.25, 0.3) is 0 Å². The highest BCUT2D eigenvalue weighted by Gasteiger charge is 2.40. The number of carbonyl (C=O) groups is 1. The van der Waals surface area contributed by atoms with Crippen molar-refractivity contribution in [1.29, 1.82) is 0 Å². The molecule has 116 valence electrons. The number of aliphatic hydroxyl groups is 1. The predicted molar refractivity (Wildman–Crippen MR) is 71.9 cm³/mol. The third-order valence-electron chi connectivity index (χ3n) is 3.92. The minimum absolute atomic E-state index is 0.0588. The fourth-order valence-electron chi connectivity index (χ4n) is 2.89. The molecule has 0 aromatic rings.